The maximum atomic E-state index is 11.0. The van der Waals surface area contributed by atoms with E-state index in [1.54, 1.807) is 24.3 Å². The van der Waals surface area contributed by atoms with Crippen molar-refractivity contribution < 1.29 is 14.4 Å². The van der Waals surface area contributed by atoms with Gasteiger partial charge in [0.1, 0.15) is 17.8 Å². The van der Waals surface area contributed by atoms with Crippen molar-refractivity contribution in [3.63, 3.8) is 0 Å². The maximum absolute atomic E-state index is 11.0. The van der Waals surface area contributed by atoms with Gasteiger partial charge in [0.2, 0.25) is 0 Å². The van der Waals surface area contributed by atoms with E-state index in [1.165, 1.54) is 6.26 Å². The van der Waals surface area contributed by atoms with Gasteiger partial charge in [0, 0.05) is 12.5 Å². The van der Waals surface area contributed by atoms with E-state index in [0.717, 1.165) is 23.5 Å². The van der Waals surface area contributed by atoms with Crippen LogP contribution in [0.1, 0.15) is 28.8 Å². The van der Waals surface area contributed by atoms with Crippen molar-refractivity contribution in [2.45, 2.75) is 19.9 Å². The van der Waals surface area contributed by atoms with E-state index >= 15 is 0 Å². The molecule has 0 unspecified atom stereocenters. The molecular weight excluding hydrogens is 258 g/mol. The van der Waals surface area contributed by atoms with Crippen LogP contribution in [0, 0.1) is 0 Å². The lowest BCUT2D eigenvalue weighted by Crippen LogP contribution is -2.04. The van der Waals surface area contributed by atoms with Crippen molar-refractivity contribution in [1.29, 1.82) is 0 Å². The summed E-state index contributed by atoms with van der Waals surface area (Å²) in [4.78, 5) is 15.5. The zero-order valence-electron chi connectivity index (χ0n) is 10.9. The predicted molar refractivity (Wildman–Crippen MR) is 71.7 cm³/mol. The second-order valence-corrected chi connectivity index (χ2v) is 4.47. The smallest absolute Gasteiger partial charge is 0.335 e. The molecule has 0 radical (unpaired) electrons. The molecule has 0 fully saturated rings. The average Bonchev–Trinajstić information content (AvgIpc) is 3.06. The topological polar surface area (TPSA) is 81.1 Å². The normalized spacial score (nSPS) is 11.1. The van der Waals surface area contributed by atoms with Gasteiger partial charge in [0.05, 0.1) is 23.1 Å². The first-order valence-electron chi connectivity index (χ1n) is 6.30. The molecule has 0 aliphatic carbocycles. The molecule has 0 amide bonds. The van der Waals surface area contributed by atoms with Crippen LogP contribution in [0.5, 0.6) is 0 Å². The van der Waals surface area contributed by atoms with Crippen LogP contribution in [0.2, 0.25) is 0 Å². The van der Waals surface area contributed by atoms with Gasteiger partial charge in [-0.1, -0.05) is 12.1 Å². The number of benzene rings is 1. The first-order valence-corrected chi connectivity index (χ1v) is 6.30. The average molecular weight is 271 g/mol. The minimum Gasteiger partial charge on any atom is -0.478 e. The molecule has 3 rings (SSSR count). The highest BCUT2D eigenvalue weighted by Crippen LogP contribution is 2.20. The number of carboxylic acids is 1. The predicted octanol–water partition coefficient (Wildman–Crippen LogP) is 2.33. The van der Waals surface area contributed by atoms with Gasteiger partial charge in [-0.05, 0) is 18.2 Å². The van der Waals surface area contributed by atoms with Crippen molar-refractivity contribution in [1.82, 2.24) is 14.7 Å². The quantitative estimate of drug-likeness (QED) is 0.787. The fraction of sp³-hybridized carbons (Fsp3) is 0.214. The van der Waals surface area contributed by atoms with Gasteiger partial charge < -0.3 is 14.2 Å². The van der Waals surface area contributed by atoms with Crippen molar-refractivity contribution in [2.75, 3.05) is 0 Å². The Morgan fingerprint density at radius 1 is 1.40 bits per heavy atom. The Morgan fingerprint density at radius 3 is 2.90 bits per heavy atom. The van der Waals surface area contributed by atoms with E-state index in [1.807, 2.05) is 11.5 Å². The van der Waals surface area contributed by atoms with Crippen LogP contribution < -0.4 is 0 Å². The number of carboxylic acid groups (broad SMARTS) is 1. The molecule has 0 saturated heterocycles. The van der Waals surface area contributed by atoms with E-state index in [-0.39, 0.29) is 5.56 Å². The molecule has 2 heterocycles. The Hall–Kier alpha value is -2.63. The largest absolute Gasteiger partial charge is 0.478 e. The molecule has 1 N–H and O–H groups in total. The number of imidazole rings is 1. The summed E-state index contributed by atoms with van der Waals surface area (Å²) in [5.41, 5.74) is 2.63. The van der Waals surface area contributed by atoms with Gasteiger partial charge >= 0.3 is 5.97 Å². The fourth-order valence-electron chi connectivity index (χ4n) is 2.24. The minimum absolute atomic E-state index is 0.242. The summed E-state index contributed by atoms with van der Waals surface area (Å²) < 4.78 is 6.86. The first-order chi connectivity index (χ1) is 9.69. The number of hydrogen-bond acceptors (Lipinski definition) is 4. The standard InChI is InChI=1S/C14H13N3O3/c1-2-13-15-11-7-9(14(18)19)3-4-12(11)17(13)8-10-5-6-20-16-10/h3-7H,2,8H2,1H3,(H,18,19). The minimum atomic E-state index is -0.948. The van der Waals surface area contributed by atoms with Crippen molar-refractivity contribution in [3.8, 4) is 0 Å². The molecule has 2 aromatic heterocycles. The number of aromatic nitrogens is 3. The zero-order valence-corrected chi connectivity index (χ0v) is 10.9. The van der Waals surface area contributed by atoms with E-state index in [9.17, 15) is 4.79 Å². The van der Waals surface area contributed by atoms with Gasteiger partial charge in [-0.25, -0.2) is 9.78 Å². The summed E-state index contributed by atoms with van der Waals surface area (Å²) >= 11 is 0. The molecule has 0 saturated carbocycles. The molecule has 1 aromatic carbocycles. The second kappa shape index (κ2) is 4.80. The molecule has 0 spiro atoms. The molecule has 102 valence electrons. The molecule has 0 aliphatic rings. The lowest BCUT2D eigenvalue weighted by Gasteiger charge is -2.05. The van der Waals surface area contributed by atoms with Gasteiger partial charge in [-0.3, -0.25) is 0 Å². The monoisotopic (exact) mass is 271 g/mol. The molecule has 20 heavy (non-hydrogen) atoms. The van der Waals surface area contributed by atoms with E-state index < -0.39 is 5.97 Å². The van der Waals surface area contributed by atoms with E-state index in [0.29, 0.717) is 12.1 Å². The molecule has 6 nitrogen and oxygen atoms in total. The Kier molecular flexibility index (Phi) is 2.98. The van der Waals surface area contributed by atoms with Crippen LogP contribution in [-0.4, -0.2) is 25.8 Å². The number of aromatic carboxylic acids is 1. The summed E-state index contributed by atoms with van der Waals surface area (Å²) in [6.45, 7) is 2.57. The van der Waals surface area contributed by atoms with E-state index in [4.69, 9.17) is 9.63 Å². The van der Waals surface area contributed by atoms with Crippen molar-refractivity contribution >= 4 is 17.0 Å². The Morgan fingerprint density at radius 2 is 2.25 bits per heavy atom. The molecule has 0 aliphatic heterocycles. The second-order valence-electron chi connectivity index (χ2n) is 4.47. The molecular formula is C14H13N3O3. The van der Waals surface area contributed by atoms with Crippen LogP contribution in [-0.2, 0) is 13.0 Å². The number of rotatable bonds is 4. The van der Waals surface area contributed by atoms with Crippen LogP contribution in [0.15, 0.2) is 35.1 Å². The van der Waals surface area contributed by atoms with Crippen LogP contribution >= 0.6 is 0 Å². The molecule has 0 bridgehead atoms. The van der Waals surface area contributed by atoms with E-state index in [2.05, 4.69) is 10.1 Å². The van der Waals surface area contributed by atoms with Gasteiger partial charge in [-0.15, -0.1) is 0 Å². The van der Waals surface area contributed by atoms with Gasteiger partial charge in [0.25, 0.3) is 0 Å². The third-order valence-electron chi connectivity index (χ3n) is 3.20. The van der Waals surface area contributed by atoms with Gasteiger partial charge in [0.15, 0.2) is 0 Å². The Labute approximate surface area is 114 Å². The lowest BCUT2D eigenvalue weighted by molar-refractivity contribution is 0.0697. The highest BCUT2D eigenvalue weighted by molar-refractivity contribution is 5.92. The number of hydrogen-bond donors (Lipinski definition) is 1. The summed E-state index contributed by atoms with van der Waals surface area (Å²) in [6, 6.07) is 6.77. The van der Waals surface area contributed by atoms with Crippen molar-refractivity contribution in [3.05, 3.63) is 47.6 Å². The van der Waals surface area contributed by atoms with Crippen molar-refractivity contribution in [2.24, 2.45) is 0 Å². The van der Waals surface area contributed by atoms with Crippen LogP contribution in [0.4, 0.5) is 0 Å². The number of aryl methyl sites for hydroxylation is 1. The summed E-state index contributed by atoms with van der Waals surface area (Å²) in [5, 5.41) is 12.9. The fourth-order valence-corrected chi connectivity index (χ4v) is 2.24. The van der Waals surface area contributed by atoms with Gasteiger partial charge in [-0.2, -0.15) is 0 Å². The molecule has 6 heteroatoms. The maximum Gasteiger partial charge on any atom is 0.335 e. The highest BCUT2D eigenvalue weighted by atomic mass is 16.5. The van der Waals surface area contributed by atoms with Crippen LogP contribution in [0.3, 0.4) is 0 Å². The number of nitrogens with zero attached hydrogens (tertiary/aromatic N) is 3. The number of carbonyl (C=O) groups is 1. The highest BCUT2D eigenvalue weighted by Gasteiger charge is 2.13. The zero-order chi connectivity index (χ0) is 14.1. The summed E-state index contributed by atoms with van der Waals surface area (Å²) in [6.07, 6.45) is 2.29. The Bertz CT molecular complexity index is 759. The SMILES string of the molecule is CCc1nc2cc(C(=O)O)ccc2n1Cc1ccon1. The molecule has 3 aromatic rings. The third kappa shape index (κ3) is 2.05. The third-order valence-corrected chi connectivity index (χ3v) is 3.20. The molecule has 0 atom stereocenters. The first kappa shape index (κ1) is 12.4. The Balaban J connectivity index is 2.12. The number of fused-ring (bicyclic) bond motifs is 1. The van der Waals surface area contributed by atoms with Crippen LogP contribution in [0.25, 0.3) is 11.0 Å². The summed E-state index contributed by atoms with van der Waals surface area (Å²) in [5.74, 6) is -0.0541. The summed E-state index contributed by atoms with van der Waals surface area (Å²) in [7, 11) is 0. The lowest BCUT2D eigenvalue weighted by atomic mass is 10.2.